The predicted molar refractivity (Wildman–Crippen MR) is 144 cm³/mol. The van der Waals surface area contributed by atoms with Crippen molar-refractivity contribution in [1.29, 1.82) is 0 Å². The number of halogens is 5. The minimum atomic E-state index is -5.93. The highest BCUT2D eigenvalue weighted by atomic mass is 127. The maximum absolute atomic E-state index is 13.4. The Morgan fingerprint density at radius 3 is 2.28 bits per heavy atom. The lowest BCUT2D eigenvalue weighted by Crippen LogP contribution is -2.34. The van der Waals surface area contributed by atoms with Crippen LogP contribution < -0.4 is 10.1 Å². The number of amides is 1. The molecule has 0 bridgehead atoms. The van der Waals surface area contributed by atoms with Crippen molar-refractivity contribution in [2.75, 3.05) is 11.9 Å². The second kappa shape index (κ2) is 11.7. The second-order valence-corrected chi connectivity index (χ2v) is 11.6. The molecule has 0 saturated carbocycles. The number of nitro groups is 1. The van der Waals surface area contributed by atoms with Gasteiger partial charge in [-0.15, -0.1) is 0 Å². The Kier molecular flexibility index (Phi) is 9.91. The van der Waals surface area contributed by atoms with E-state index in [0.29, 0.717) is 22.5 Å². The van der Waals surface area contributed by atoms with E-state index in [4.69, 9.17) is 9.29 Å². The van der Waals surface area contributed by atoms with Crippen LogP contribution in [0.3, 0.4) is 0 Å². The van der Waals surface area contributed by atoms with Crippen LogP contribution in [0, 0.1) is 20.8 Å². The summed E-state index contributed by atoms with van der Waals surface area (Å²) in [5, 5.41) is 8.97. The van der Waals surface area contributed by atoms with Gasteiger partial charge in [0.15, 0.2) is 6.61 Å². The maximum Gasteiger partial charge on any atom is 0.402 e. The third-order valence-electron chi connectivity index (χ3n) is 4.02. The number of carbonyl (C=O) groups excluding carboxylic acids is 3. The molecule has 0 radical (unpaired) electrons. The van der Waals surface area contributed by atoms with Gasteiger partial charge in [0.1, 0.15) is 11.3 Å². The van der Waals surface area contributed by atoms with Crippen molar-refractivity contribution in [3.05, 3.63) is 56.2 Å². The number of nitrogens with one attached hydrogen (secondary N) is 1. The van der Waals surface area contributed by atoms with Gasteiger partial charge in [0, 0.05) is 26.2 Å². The molecule has 0 fully saturated rings. The standard InChI is InChI=1S/C18H11F2I3N2O10S/c1-7(26)24-15-11(22)5-10(21)13(14(15)23)17(28)35-8-2-3-12(25(29)30)9(4-8)16(27)34-6-18(19,20)36(31,32)33/h2-5H,6H2,1H3,(H,24,26)(H,31,32,33). The monoisotopic (exact) mass is 866 g/mol. The highest BCUT2D eigenvalue weighted by Crippen LogP contribution is 2.33. The highest BCUT2D eigenvalue weighted by molar-refractivity contribution is 14.1. The predicted octanol–water partition coefficient (Wildman–Crippen LogP) is 4.22. The first kappa shape index (κ1) is 30.4. The van der Waals surface area contributed by atoms with Crippen LogP contribution in [0.5, 0.6) is 5.75 Å². The van der Waals surface area contributed by atoms with Gasteiger partial charge in [0.2, 0.25) is 5.91 Å². The molecule has 0 aliphatic heterocycles. The summed E-state index contributed by atoms with van der Waals surface area (Å²) in [5.41, 5.74) is -1.48. The summed E-state index contributed by atoms with van der Waals surface area (Å²) in [6, 6.07) is 3.96. The van der Waals surface area contributed by atoms with Gasteiger partial charge in [0.05, 0.1) is 19.7 Å². The van der Waals surface area contributed by atoms with E-state index in [1.165, 1.54) is 6.92 Å². The molecule has 2 aromatic rings. The number of alkyl halides is 2. The van der Waals surface area contributed by atoms with E-state index >= 15 is 0 Å². The number of esters is 2. The maximum atomic E-state index is 13.4. The van der Waals surface area contributed by atoms with E-state index in [2.05, 4.69) is 10.1 Å². The zero-order valence-electron chi connectivity index (χ0n) is 17.4. The first-order valence-corrected chi connectivity index (χ1v) is 13.6. The Morgan fingerprint density at radius 1 is 1.14 bits per heavy atom. The highest BCUT2D eigenvalue weighted by Gasteiger charge is 2.46. The lowest BCUT2D eigenvalue weighted by molar-refractivity contribution is -0.385. The normalized spacial score (nSPS) is 11.5. The second-order valence-electron chi connectivity index (χ2n) is 6.60. The van der Waals surface area contributed by atoms with Crippen LogP contribution in [0.25, 0.3) is 0 Å². The third-order valence-corrected chi connectivity index (χ3v) is 7.67. The van der Waals surface area contributed by atoms with Crippen LogP contribution >= 0.6 is 67.8 Å². The average molecular weight is 866 g/mol. The molecule has 194 valence electrons. The number of ether oxygens (including phenoxy) is 2. The Hall–Kier alpha value is -1.79. The summed E-state index contributed by atoms with van der Waals surface area (Å²) in [7, 11) is -5.93. The van der Waals surface area contributed by atoms with Crippen molar-refractivity contribution in [3.8, 4) is 5.75 Å². The fraction of sp³-hybridized carbons (Fsp3) is 0.167. The molecule has 1 amide bonds. The summed E-state index contributed by atoms with van der Waals surface area (Å²) < 4.78 is 67.3. The smallest absolute Gasteiger partial charge is 0.402 e. The van der Waals surface area contributed by atoms with Gasteiger partial charge in [-0.25, -0.2) is 9.59 Å². The fourth-order valence-corrected chi connectivity index (χ4v) is 6.72. The molecule has 0 aliphatic carbocycles. The number of rotatable bonds is 8. The van der Waals surface area contributed by atoms with Gasteiger partial charge in [-0.2, -0.15) is 17.2 Å². The molecular formula is C18H11F2I3N2O10S. The summed E-state index contributed by atoms with van der Waals surface area (Å²) in [6.45, 7) is -0.859. The fourth-order valence-electron chi connectivity index (χ4n) is 2.43. The molecule has 2 rings (SSSR count). The van der Waals surface area contributed by atoms with Crippen molar-refractivity contribution in [1.82, 2.24) is 0 Å². The van der Waals surface area contributed by atoms with E-state index in [0.717, 1.165) is 12.1 Å². The zero-order chi connectivity index (χ0) is 27.6. The van der Waals surface area contributed by atoms with Crippen molar-refractivity contribution < 1.29 is 50.5 Å². The van der Waals surface area contributed by atoms with Crippen molar-refractivity contribution in [2.45, 2.75) is 12.2 Å². The average Bonchev–Trinajstić information content (AvgIpc) is 2.73. The number of hydrogen-bond donors (Lipinski definition) is 2. The number of anilines is 1. The molecule has 0 atom stereocenters. The molecular weight excluding hydrogens is 855 g/mol. The first-order valence-electron chi connectivity index (χ1n) is 8.94. The van der Waals surface area contributed by atoms with Crippen LogP contribution in [0.2, 0.25) is 0 Å². The molecule has 2 aromatic carbocycles. The Bertz CT molecular complexity index is 1390. The first-order chi connectivity index (χ1) is 16.5. The Labute approximate surface area is 241 Å². The molecule has 36 heavy (non-hydrogen) atoms. The number of nitrogens with zero attached hydrogens (tertiary/aromatic N) is 1. The summed E-state index contributed by atoms with van der Waals surface area (Å²) in [6.07, 6.45) is 0. The summed E-state index contributed by atoms with van der Waals surface area (Å²) >= 11 is 5.61. The summed E-state index contributed by atoms with van der Waals surface area (Å²) in [4.78, 5) is 46.8. The third kappa shape index (κ3) is 7.16. The van der Waals surface area contributed by atoms with E-state index < -0.39 is 61.7 Å². The number of carbonyl (C=O) groups is 3. The van der Waals surface area contributed by atoms with Crippen LogP contribution in [0.1, 0.15) is 27.6 Å². The minimum Gasteiger partial charge on any atom is -0.454 e. The topological polar surface area (TPSA) is 179 Å². The molecule has 2 N–H and O–H groups in total. The van der Waals surface area contributed by atoms with Crippen molar-refractivity contribution >= 4 is 107 Å². The van der Waals surface area contributed by atoms with E-state index in [1.54, 1.807) is 6.07 Å². The number of hydrogen-bond acceptors (Lipinski definition) is 9. The van der Waals surface area contributed by atoms with E-state index in [9.17, 15) is 41.7 Å². The van der Waals surface area contributed by atoms with Gasteiger partial charge >= 0.3 is 27.3 Å². The number of nitro benzene ring substituents is 1. The van der Waals surface area contributed by atoms with Crippen LogP contribution in [0.4, 0.5) is 20.2 Å². The van der Waals surface area contributed by atoms with Crippen LogP contribution in [-0.2, 0) is 19.6 Å². The van der Waals surface area contributed by atoms with Crippen LogP contribution in [-0.4, -0.2) is 47.6 Å². The molecule has 12 nitrogen and oxygen atoms in total. The summed E-state index contributed by atoms with van der Waals surface area (Å²) in [5.74, 6) is -3.53. The SMILES string of the molecule is CC(=O)Nc1c(I)cc(I)c(C(=O)Oc2ccc([N+](=O)[O-])c(C(=O)OCC(F)(F)S(=O)(=O)O)c2)c1I. The van der Waals surface area contributed by atoms with Gasteiger partial charge in [-0.3, -0.25) is 19.5 Å². The zero-order valence-corrected chi connectivity index (χ0v) is 24.7. The molecule has 0 unspecified atom stereocenters. The number of benzene rings is 2. The van der Waals surface area contributed by atoms with Gasteiger partial charge in [-0.05, 0) is 79.9 Å². The van der Waals surface area contributed by atoms with Crippen molar-refractivity contribution in [3.63, 3.8) is 0 Å². The lowest BCUT2D eigenvalue weighted by atomic mass is 10.1. The van der Waals surface area contributed by atoms with Gasteiger partial charge in [0.25, 0.3) is 5.69 Å². The quantitative estimate of drug-likeness (QED) is 0.0975. The Morgan fingerprint density at radius 2 is 1.75 bits per heavy atom. The lowest BCUT2D eigenvalue weighted by Gasteiger charge is -2.15. The van der Waals surface area contributed by atoms with E-state index in [1.807, 2.05) is 67.8 Å². The molecule has 18 heteroatoms. The largest absolute Gasteiger partial charge is 0.454 e. The van der Waals surface area contributed by atoms with Crippen LogP contribution in [0.15, 0.2) is 24.3 Å². The molecule has 0 spiro atoms. The Balaban J connectivity index is 2.42. The molecule has 0 saturated heterocycles. The minimum absolute atomic E-state index is 0.0237. The van der Waals surface area contributed by atoms with Gasteiger partial charge in [-0.1, -0.05) is 0 Å². The van der Waals surface area contributed by atoms with E-state index in [-0.39, 0.29) is 5.56 Å². The molecule has 0 aliphatic rings. The van der Waals surface area contributed by atoms with Gasteiger partial charge < -0.3 is 14.8 Å². The molecule has 0 aromatic heterocycles. The van der Waals surface area contributed by atoms with Crippen molar-refractivity contribution in [2.24, 2.45) is 0 Å². The molecule has 0 heterocycles.